The Morgan fingerprint density at radius 1 is 1.29 bits per heavy atom. The standard InChI is InChI=1S/C16H16N2O3/c1-11-5-6-12(7-8-15(19)20)10-13(11)17-16(21)14-4-3-9-18(14)2/h3-10H,1-2H3,(H,17,21)(H,19,20). The van der Waals surface area contributed by atoms with Crippen molar-refractivity contribution >= 4 is 23.6 Å². The monoisotopic (exact) mass is 284 g/mol. The van der Waals surface area contributed by atoms with Crippen LogP contribution in [0.5, 0.6) is 0 Å². The lowest BCUT2D eigenvalue weighted by molar-refractivity contribution is -0.131. The van der Waals surface area contributed by atoms with Gasteiger partial charge in [0.25, 0.3) is 5.91 Å². The highest BCUT2D eigenvalue weighted by molar-refractivity contribution is 6.03. The molecule has 21 heavy (non-hydrogen) atoms. The van der Waals surface area contributed by atoms with E-state index < -0.39 is 5.97 Å². The van der Waals surface area contributed by atoms with Crippen LogP contribution in [0.4, 0.5) is 5.69 Å². The van der Waals surface area contributed by atoms with Crippen molar-refractivity contribution in [3.8, 4) is 0 Å². The number of aromatic nitrogens is 1. The van der Waals surface area contributed by atoms with Gasteiger partial charge in [-0.3, -0.25) is 4.79 Å². The first kappa shape index (κ1) is 14.6. The van der Waals surface area contributed by atoms with Crippen LogP contribution in [0, 0.1) is 6.92 Å². The Morgan fingerprint density at radius 2 is 2.05 bits per heavy atom. The van der Waals surface area contributed by atoms with Crippen LogP contribution in [-0.4, -0.2) is 21.6 Å². The fourth-order valence-electron chi connectivity index (χ4n) is 1.93. The van der Waals surface area contributed by atoms with Crippen molar-refractivity contribution in [2.45, 2.75) is 6.92 Å². The number of rotatable bonds is 4. The number of hydrogen-bond acceptors (Lipinski definition) is 2. The number of nitrogens with one attached hydrogen (secondary N) is 1. The minimum Gasteiger partial charge on any atom is -0.478 e. The maximum atomic E-state index is 12.2. The number of benzene rings is 1. The maximum Gasteiger partial charge on any atom is 0.328 e. The number of carboxylic acid groups (broad SMARTS) is 1. The predicted octanol–water partition coefficient (Wildman–Crippen LogP) is 2.68. The van der Waals surface area contributed by atoms with Crippen molar-refractivity contribution in [2.24, 2.45) is 7.05 Å². The zero-order valence-electron chi connectivity index (χ0n) is 11.8. The molecular weight excluding hydrogens is 268 g/mol. The van der Waals surface area contributed by atoms with Gasteiger partial charge in [-0.2, -0.15) is 0 Å². The van der Waals surface area contributed by atoms with Crippen LogP contribution in [0.15, 0.2) is 42.6 Å². The molecule has 0 fully saturated rings. The lowest BCUT2D eigenvalue weighted by atomic mass is 10.1. The molecule has 0 aliphatic heterocycles. The molecule has 0 saturated carbocycles. The van der Waals surface area contributed by atoms with E-state index in [2.05, 4.69) is 5.32 Å². The fraction of sp³-hybridized carbons (Fsp3) is 0.125. The van der Waals surface area contributed by atoms with Crippen molar-refractivity contribution in [1.29, 1.82) is 0 Å². The first-order valence-corrected chi connectivity index (χ1v) is 6.41. The van der Waals surface area contributed by atoms with Gasteiger partial charge >= 0.3 is 5.97 Å². The minimum atomic E-state index is -1.01. The van der Waals surface area contributed by atoms with E-state index in [-0.39, 0.29) is 5.91 Å². The van der Waals surface area contributed by atoms with Crippen LogP contribution >= 0.6 is 0 Å². The summed E-state index contributed by atoms with van der Waals surface area (Å²) in [4.78, 5) is 22.7. The number of aliphatic carboxylic acids is 1. The van der Waals surface area contributed by atoms with E-state index >= 15 is 0 Å². The number of amides is 1. The van der Waals surface area contributed by atoms with E-state index in [1.807, 2.05) is 13.0 Å². The second kappa shape index (κ2) is 6.09. The van der Waals surface area contributed by atoms with Crippen LogP contribution in [0.3, 0.4) is 0 Å². The molecule has 2 N–H and O–H groups in total. The zero-order valence-corrected chi connectivity index (χ0v) is 11.8. The Morgan fingerprint density at radius 3 is 2.67 bits per heavy atom. The van der Waals surface area contributed by atoms with Gasteiger partial charge in [-0.15, -0.1) is 0 Å². The first-order chi connectivity index (χ1) is 9.97. The van der Waals surface area contributed by atoms with Crippen molar-refractivity contribution in [2.75, 3.05) is 5.32 Å². The van der Waals surface area contributed by atoms with Crippen LogP contribution < -0.4 is 5.32 Å². The maximum absolute atomic E-state index is 12.2. The molecule has 0 spiro atoms. The normalized spacial score (nSPS) is 10.8. The second-order valence-electron chi connectivity index (χ2n) is 4.70. The summed E-state index contributed by atoms with van der Waals surface area (Å²) in [5.74, 6) is -1.21. The Balaban J connectivity index is 2.23. The molecule has 0 unspecified atom stereocenters. The molecule has 1 aromatic heterocycles. The van der Waals surface area contributed by atoms with Gasteiger partial charge in [0.1, 0.15) is 5.69 Å². The molecule has 0 aliphatic rings. The summed E-state index contributed by atoms with van der Waals surface area (Å²) in [7, 11) is 1.80. The van der Waals surface area contributed by atoms with E-state index in [1.165, 1.54) is 6.08 Å². The number of hydrogen-bond donors (Lipinski definition) is 2. The third kappa shape index (κ3) is 3.60. The quantitative estimate of drug-likeness (QED) is 0.848. The average molecular weight is 284 g/mol. The molecule has 0 atom stereocenters. The predicted molar refractivity (Wildman–Crippen MR) is 81.2 cm³/mol. The lowest BCUT2D eigenvalue weighted by Gasteiger charge is -2.10. The molecule has 5 nitrogen and oxygen atoms in total. The molecule has 1 heterocycles. The van der Waals surface area contributed by atoms with Crippen molar-refractivity contribution in [3.63, 3.8) is 0 Å². The highest BCUT2D eigenvalue weighted by Gasteiger charge is 2.10. The third-order valence-electron chi connectivity index (χ3n) is 3.10. The molecule has 0 bridgehead atoms. The fourth-order valence-corrected chi connectivity index (χ4v) is 1.93. The highest BCUT2D eigenvalue weighted by Crippen LogP contribution is 2.19. The van der Waals surface area contributed by atoms with Crippen LogP contribution in [0.1, 0.15) is 21.6 Å². The second-order valence-corrected chi connectivity index (χ2v) is 4.70. The van der Waals surface area contributed by atoms with Crippen molar-refractivity contribution < 1.29 is 14.7 Å². The van der Waals surface area contributed by atoms with E-state index in [0.717, 1.165) is 11.6 Å². The highest BCUT2D eigenvalue weighted by atomic mass is 16.4. The average Bonchev–Trinajstić information content (AvgIpc) is 2.86. The summed E-state index contributed by atoms with van der Waals surface area (Å²) in [6.07, 6.45) is 4.35. The van der Waals surface area contributed by atoms with Gasteiger partial charge in [-0.25, -0.2) is 4.79 Å². The number of nitrogens with zero attached hydrogens (tertiary/aromatic N) is 1. The molecule has 108 valence electrons. The Hall–Kier alpha value is -2.82. The molecule has 2 rings (SSSR count). The van der Waals surface area contributed by atoms with Gasteiger partial charge < -0.3 is 15.0 Å². The van der Waals surface area contributed by atoms with Crippen molar-refractivity contribution in [3.05, 3.63) is 59.4 Å². The molecule has 1 amide bonds. The molecule has 0 radical (unpaired) electrons. The van der Waals surface area contributed by atoms with E-state index in [0.29, 0.717) is 16.9 Å². The lowest BCUT2D eigenvalue weighted by Crippen LogP contribution is -2.16. The topological polar surface area (TPSA) is 71.3 Å². The molecule has 2 aromatic rings. The van der Waals surface area contributed by atoms with E-state index in [9.17, 15) is 9.59 Å². The smallest absolute Gasteiger partial charge is 0.328 e. The summed E-state index contributed by atoms with van der Waals surface area (Å²) in [6.45, 7) is 1.88. The summed E-state index contributed by atoms with van der Waals surface area (Å²) in [5, 5.41) is 11.5. The van der Waals surface area contributed by atoms with Gasteiger partial charge in [0, 0.05) is 25.0 Å². The Labute approximate surface area is 122 Å². The van der Waals surface area contributed by atoms with E-state index in [1.54, 1.807) is 42.1 Å². The largest absolute Gasteiger partial charge is 0.478 e. The van der Waals surface area contributed by atoms with Gasteiger partial charge in [-0.05, 0) is 42.3 Å². The van der Waals surface area contributed by atoms with Crippen LogP contribution in [-0.2, 0) is 11.8 Å². The minimum absolute atomic E-state index is 0.204. The molecular formula is C16H16N2O3. The molecule has 0 saturated heterocycles. The summed E-state index contributed by atoms with van der Waals surface area (Å²) in [5.41, 5.74) is 2.84. The Kier molecular flexibility index (Phi) is 4.23. The SMILES string of the molecule is Cc1ccc(C=CC(=O)O)cc1NC(=O)c1cccn1C. The van der Waals surface area contributed by atoms with Crippen molar-refractivity contribution in [1.82, 2.24) is 4.57 Å². The number of carbonyl (C=O) groups is 2. The molecule has 5 heteroatoms. The van der Waals surface area contributed by atoms with Gasteiger partial charge in [-0.1, -0.05) is 12.1 Å². The number of carboxylic acids is 1. The van der Waals surface area contributed by atoms with Gasteiger partial charge in [0.15, 0.2) is 0 Å². The Bertz CT molecular complexity index is 714. The van der Waals surface area contributed by atoms with Gasteiger partial charge in [0.2, 0.25) is 0 Å². The summed E-state index contributed by atoms with van der Waals surface area (Å²) in [6, 6.07) is 8.91. The van der Waals surface area contributed by atoms with Crippen LogP contribution in [0.2, 0.25) is 0 Å². The number of aryl methyl sites for hydroxylation is 2. The summed E-state index contributed by atoms with van der Waals surface area (Å²) >= 11 is 0. The number of carbonyl (C=O) groups excluding carboxylic acids is 1. The molecule has 1 aromatic carbocycles. The summed E-state index contributed by atoms with van der Waals surface area (Å²) < 4.78 is 1.73. The zero-order chi connectivity index (χ0) is 15.4. The number of anilines is 1. The van der Waals surface area contributed by atoms with E-state index in [4.69, 9.17) is 5.11 Å². The van der Waals surface area contributed by atoms with Gasteiger partial charge in [0.05, 0.1) is 0 Å². The first-order valence-electron chi connectivity index (χ1n) is 6.41. The molecule has 0 aliphatic carbocycles. The third-order valence-corrected chi connectivity index (χ3v) is 3.10. The van der Waals surface area contributed by atoms with Crippen LogP contribution in [0.25, 0.3) is 6.08 Å².